The molecule has 0 bridgehead atoms. The summed E-state index contributed by atoms with van der Waals surface area (Å²) >= 11 is 6.40. The Morgan fingerprint density at radius 2 is 2.12 bits per heavy atom. The van der Waals surface area contributed by atoms with Gasteiger partial charge >= 0.3 is 6.09 Å². The molecule has 1 fully saturated rings. The van der Waals surface area contributed by atoms with Gasteiger partial charge in [-0.05, 0) is 39.2 Å². The second kappa shape index (κ2) is 5.91. The maximum Gasteiger partial charge on any atom is 0.410 e. The zero-order chi connectivity index (χ0) is 13.1. The topological polar surface area (TPSA) is 38.8 Å². The largest absolute Gasteiger partial charge is 0.473 e. The van der Waals surface area contributed by atoms with Crippen molar-refractivity contribution >= 4 is 34.5 Å². The summed E-state index contributed by atoms with van der Waals surface area (Å²) in [4.78, 5) is 13.4. The Morgan fingerprint density at radius 3 is 2.65 bits per heavy atom. The van der Waals surface area contributed by atoms with Crippen LogP contribution in [0.25, 0.3) is 0 Å². The van der Waals surface area contributed by atoms with E-state index < -0.39 is 5.60 Å². The lowest BCUT2D eigenvalue weighted by molar-refractivity contribution is 0.0275. The quantitative estimate of drug-likeness (QED) is 0.689. The molecule has 0 radical (unpaired) electrons. The number of hydrogen-bond acceptors (Lipinski definition) is 5. The zero-order valence-corrected chi connectivity index (χ0v) is 12.3. The Balaban J connectivity index is 2.39. The summed E-state index contributed by atoms with van der Waals surface area (Å²) in [6.45, 7) is 6.79. The minimum Gasteiger partial charge on any atom is -0.473 e. The lowest BCUT2D eigenvalue weighted by Crippen LogP contribution is -2.36. The van der Waals surface area contributed by atoms with E-state index in [4.69, 9.17) is 21.7 Å². The van der Waals surface area contributed by atoms with Crippen molar-refractivity contribution in [3.63, 3.8) is 0 Å². The lowest BCUT2D eigenvalue weighted by Gasteiger charge is -2.24. The van der Waals surface area contributed by atoms with Gasteiger partial charge in [0.1, 0.15) is 11.7 Å². The summed E-state index contributed by atoms with van der Waals surface area (Å²) in [5.41, 5.74) is -0.454. The van der Waals surface area contributed by atoms with Crippen molar-refractivity contribution in [2.75, 3.05) is 19.3 Å². The van der Waals surface area contributed by atoms with Crippen LogP contribution in [0.3, 0.4) is 0 Å². The Hall–Kier alpha value is -0.490. The van der Waals surface area contributed by atoms with E-state index in [1.54, 1.807) is 4.90 Å². The number of hydrogen-bond donors (Lipinski definition) is 0. The molecular formula is C11H19NO3S2. The molecular weight excluding hydrogens is 258 g/mol. The van der Waals surface area contributed by atoms with Crippen molar-refractivity contribution in [3.05, 3.63) is 0 Å². The highest BCUT2D eigenvalue weighted by Gasteiger charge is 2.31. The van der Waals surface area contributed by atoms with Gasteiger partial charge in [0, 0.05) is 13.0 Å². The van der Waals surface area contributed by atoms with Crippen LogP contribution in [-0.2, 0) is 9.47 Å². The molecule has 0 spiro atoms. The van der Waals surface area contributed by atoms with Crippen molar-refractivity contribution < 1.29 is 14.3 Å². The Bertz CT molecular complexity index is 302. The molecule has 0 aliphatic carbocycles. The molecule has 17 heavy (non-hydrogen) atoms. The van der Waals surface area contributed by atoms with Gasteiger partial charge in [-0.25, -0.2) is 4.79 Å². The van der Waals surface area contributed by atoms with Gasteiger partial charge in [0.05, 0.1) is 6.54 Å². The van der Waals surface area contributed by atoms with Crippen LogP contribution in [0.5, 0.6) is 0 Å². The smallest absolute Gasteiger partial charge is 0.410 e. The van der Waals surface area contributed by atoms with Gasteiger partial charge < -0.3 is 14.4 Å². The maximum atomic E-state index is 11.8. The van der Waals surface area contributed by atoms with Gasteiger partial charge in [-0.3, -0.25) is 0 Å². The van der Waals surface area contributed by atoms with Crippen LogP contribution in [0.1, 0.15) is 27.2 Å². The first-order chi connectivity index (χ1) is 7.81. The van der Waals surface area contributed by atoms with Gasteiger partial charge in [0.15, 0.2) is 0 Å². The van der Waals surface area contributed by atoms with E-state index in [2.05, 4.69) is 0 Å². The molecule has 6 heteroatoms. The molecule has 0 unspecified atom stereocenters. The molecule has 0 aromatic heterocycles. The van der Waals surface area contributed by atoms with Crippen molar-refractivity contribution in [3.8, 4) is 0 Å². The Morgan fingerprint density at radius 1 is 1.47 bits per heavy atom. The minimum atomic E-state index is -0.454. The number of thioether (sulfide) groups is 1. The third-order valence-electron chi connectivity index (χ3n) is 2.23. The molecule has 0 aromatic carbocycles. The Kier molecular flexibility index (Phi) is 5.06. The van der Waals surface area contributed by atoms with E-state index in [0.717, 1.165) is 6.42 Å². The average Bonchev–Trinajstić information content (AvgIpc) is 2.63. The van der Waals surface area contributed by atoms with Crippen molar-refractivity contribution in [2.45, 2.75) is 38.9 Å². The van der Waals surface area contributed by atoms with Crippen LogP contribution in [-0.4, -0.2) is 46.4 Å². The number of rotatable bonds is 1. The number of thiocarbonyl (C=S) groups is 1. The fourth-order valence-corrected chi connectivity index (χ4v) is 1.87. The predicted octanol–water partition coefficient (Wildman–Crippen LogP) is 2.66. The fraction of sp³-hybridized carbons (Fsp3) is 0.818. The predicted molar refractivity (Wildman–Crippen MR) is 73.4 cm³/mol. The van der Waals surface area contributed by atoms with Crippen LogP contribution >= 0.6 is 24.0 Å². The minimum absolute atomic E-state index is 0.00229. The molecule has 1 amide bonds. The number of amides is 1. The normalized spacial score (nSPS) is 20.2. The summed E-state index contributed by atoms with van der Waals surface area (Å²) in [7, 11) is 0. The fourth-order valence-electron chi connectivity index (χ4n) is 1.50. The molecule has 0 N–H and O–H groups in total. The molecule has 4 nitrogen and oxygen atoms in total. The van der Waals surface area contributed by atoms with Crippen LogP contribution in [0.4, 0.5) is 4.79 Å². The second-order valence-electron chi connectivity index (χ2n) is 4.91. The monoisotopic (exact) mass is 277 g/mol. The number of ether oxygens (including phenoxy) is 2. The SMILES string of the molecule is CSC(=S)O[C@H]1CCN(C(=O)OC(C)(C)C)C1. The van der Waals surface area contributed by atoms with Gasteiger partial charge in [-0.2, -0.15) is 0 Å². The molecule has 1 aliphatic heterocycles. The Labute approximate surface area is 112 Å². The molecule has 1 aliphatic rings. The highest BCUT2D eigenvalue weighted by atomic mass is 32.2. The zero-order valence-electron chi connectivity index (χ0n) is 10.7. The van der Waals surface area contributed by atoms with E-state index in [1.165, 1.54) is 11.8 Å². The van der Waals surface area contributed by atoms with Crippen LogP contribution in [0.15, 0.2) is 0 Å². The summed E-state index contributed by atoms with van der Waals surface area (Å²) in [6.07, 6.45) is 2.41. The van der Waals surface area contributed by atoms with Crippen LogP contribution < -0.4 is 0 Å². The third kappa shape index (κ3) is 5.12. The highest BCUT2D eigenvalue weighted by Crippen LogP contribution is 2.18. The molecule has 0 saturated carbocycles. The first kappa shape index (κ1) is 14.6. The number of carbonyl (C=O) groups is 1. The van der Waals surface area contributed by atoms with E-state index in [1.807, 2.05) is 27.0 Å². The van der Waals surface area contributed by atoms with E-state index in [9.17, 15) is 4.79 Å². The molecule has 1 saturated heterocycles. The second-order valence-corrected chi connectivity index (χ2v) is 6.32. The van der Waals surface area contributed by atoms with Crippen LogP contribution in [0.2, 0.25) is 0 Å². The van der Waals surface area contributed by atoms with E-state index >= 15 is 0 Å². The lowest BCUT2D eigenvalue weighted by atomic mass is 10.2. The van der Waals surface area contributed by atoms with E-state index in [-0.39, 0.29) is 12.2 Å². The summed E-state index contributed by atoms with van der Waals surface area (Å²) in [5.74, 6) is 0. The molecule has 0 aromatic rings. The number of carbonyl (C=O) groups excluding carboxylic acids is 1. The average molecular weight is 277 g/mol. The van der Waals surface area contributed by atoms with Gasteiger partial charge in [0.2, 0.25) is 4.38 Å². The van der Waals surface area contributed by atoms with Crippen molar-refractivity contribution in [1.82, 2.24) is 4.90 Å². The molecule has 98 valence electrons. The number of likely N-dealkylation sites (tertiary alicyclic amines) is 1. The highest BCUT2D eigenvalue weighted by molar-refractivity contribution is 8.22. The van der Waals surface area contributed by atoms with Gasteiger partial charge in [-0.1, -0.05) is 11.8 Å². The van der Waals surface area contributed by atoms with Gasteiger partial charge in [-0.15, -0.1) is 0 Å². The third-order valence-corrected chi connectivity index (χ3v) is 3.25. The van der Waals surface area contributed by atoms with E-state index in [0.29, 0.717) is 17.5 Å². The molecule has 1 heterocycles. The first-order valence-corrected chi connectivity index (χ1v) is 7.17. The number of nitrogens with zero attached hydrogens (tertiary/aromatic N) is 1. The summed E-state index contributed by atoms with van der Waals surface area (Å²) in [5, 5.41) is 0. The first-order valence-electron chi connectivity index (χ1n) is 5.54. The van der Waals surface area contributed by atoms with Crippen molar-refractivity contribution in [2.24, 2.45) is 0 Å². The van der Waals surface area contributed by atoms with Crippen molar-refractivity contribution in [1.29, 1.82) is 0 Å². The standard InChI is InChI=1S/C11H19NO3S2/c1-11(2,3)15-9(13)12-6-5-8(7-12)14-10(16)17-4/h8H,5-7H2,1-4H3/t8-/m0/s1. The van der Waals surface area contributed by atoms with Crippen LogP contribution in [0, 0.1) is 0 Å². The molecule has 1 rings (SSSR count). The van der Waals surface area contributed by atoms with Gasteiger partial charge in [0.25, 0.3) is 0 Å². The summed E-state index contributed by atoms with van der Waals surface area (Å²) in [6, 6.07) is 0. The molecule has 1 atom stereocenters. The maximum absolute atomic E-state index is 11.8. The summed E-state index contributed by atoms with van der Waals surface area (Å²) < 4.78 is 11.3.